The van der Waals surface area contributed by atoms with Gasteiger partial charge in [0.25, 0.3) is 0 Å². The molecule has 3 N–H and O–H groups in total. The number of aromatic amines is 1. The minimum absolute atomic E-state index is 0.517. The van der Waals surface area contributed by atoms with Crippen LogP contribution >= 0.6 is 0 Å². The molecule has 0 amide bonds. The molecule has 0 spiro atoms. The average Bonchev–Trinajstić information content (AvgIpc) is 3.09. The van der Waals surface area contributed by atoms with Gasteiger partial charge in [-0.1, -0.05) is 0 Å². The molecule has 0 saturated heterocycles. The van der Waals surface area contributed by atoms with E-state index in [4.69, 9.17) is 4.74 Å². The van der Waals surface area contributed by atoms with Gasteiger partial charge in [-0.2, -0.15) is 10.1 Å². The van der Waals surface area contributed by atoms with Crippen LogP contribution in [0.1, 0.15) is 5.69 Å². The Morgan fingerprint density at radius 3 is 2.77 bits per heavy atom. The van der Waals surface area contributed by atoms with Crippen molar-refractivity contribution in [3.8, 4) is 17.0 Å². The molecular formula is C18H23N7O. The predicted molar refractivity (Wildman–Crippen MR) is 103 cm³/mol. The van der Waals surface area contributed by atoms with Crippen molar-refractivity contribution in [1.29, 1.82) is 0 Å². The molecule has 8 heteroatoms. The smallest absolute Gasteiger partial charge is 0.229 e. The van der Waals surface area contributed by atoms with Crippen LogP contribution < -0.4 is 15.4 Å². The van der Waals surface area contributed by atoms with Gasteiger partial charge in [0.05, 0.1) is 12.8 Å². The predicted octanol–water partition coefficient (Wildman–Crippen LogP) is 2.72. The summed E-state index contributed by atoms with van der Waals surface area (Å²) in [5.41, 5.74) is 3.61. The molecule has 2 heterocycles. The third kappa shape index (κ3) is 4.09. The summed E-state index contributed by atoms with van der Waals surface area (Å²) in [5, 5.41) is 13.7. The molecule has 2 aromatic heterocycles. The first-order valence-electron chi connectivity index (χ1n) is 8.24. The lowest BCUT2D eigenvalue weighted by atomic mass is 10.1. The van der Waals surface area contributed by atoms with Gasteiger partial charge in [-0.05, 0) is 44.4 Å². The third-order valence-corrected chi connectivity index (χ3v) is 3.76. The first-order chi connectivity index (χ1) is 12.6. The van der Waals surface area contributed by atoms with Gasteiger partial charge < -0.3 is 20.3 Å². The Labute approximate surface area is 152 Å². The Balaban J connectivity index is 1.89. The van der Waals surface area contributed by atoms with Gasteiger partial charge in [0.2, 0.25) is 5.95 Å². The first kappa shape index (κ1) is 17.7. The molecule has 0 atom stereocenters. The third-order valence-electron chi connectivity index (χ3n) is 3.76. The zero-order chi connectivity index (χ0) is 18.5. The topological polar surface area (TPSA) is 91.0 Å². The zero-order valence-electron chi connectivity index (χ0n) is 15.4. The lowest BCUT2D eigenvalue weighted by Gasteiger charge is -2.11. The Bertz CT molecular complexity index is 875. The van der Waals surface area contributed by atoms with Crippen molar-refractivity contribution in [2.24, 2.45) is 0 Å². The van der Waals surface area contributed by atoms with Crippen LogP contribution in [-0.4, -0.2) is 53.3 Å². The monoisotopic (exact) mass is 353 g/mol. The Morgan fingerprint density at radius 2 is 2.04 bits per heavy atom. The highest BCUT2D eigenvalue weighted by molar-refractivity contribution is 5.73. The molecule has 3 rings (SSSR count). The van der Waals surface area contributed by atoms with Crippen molar-refractivity contribution in [2.45, 2.75) is 6.54 Å². The lowest BCUT2D eigenvalue weighted by Crippen LogP contribution is -2.10. The van der Waals surface area contributed by atoms with Gasteiger partial charge in [-0.15, -0.1) is 0 Å². The van der Waals surface area contributed by atoms with E-state index in [0.717, 1.165) is 40.8 Å². The van der Waals surface area contributed by atoms with Crippen LogP contribution in [-0.2, 0) is 6.54 Å². The summed E-state index contributed by atoms with van der Waals surface area (Å²) >= 11 is 0. The molecule has 8 nitrogen and oxygen atoms in total. The molecule has 0 radical (unpaired) electrons. The summed E-state index contributed by atoms with van der Waals surface area (Å²) in [6.07, 6.45) is 1.70. The Hall–Kier alpha value is -3.13. The fraction of sp³-hybridized carbons (Fsp3) is 0.278. The Morgan fingerprint density at radius 1 is 1.19 bits per heavy atom. The van der Waals surface area contributed by atoms with E-state index in [1.54, 1.807) is 19.4 Å². The van der Waals surface area contributed by atoms with Gasteiger partial charge >= 0.3 is 0 Å². The number of rotatable bonds is 7. The second-order valence-corrected chi connectivity index (χ2v) is 6.07. The van der Waals surface area contributed by atoms with Crippen molar-refractivity contribution in [1.82, 2.24) is 25.1 Å². The van der Waals surface area contributed by atoms with Crippen molar-refractivity contribution >= 4 is 17.5 Å². The summed E-state index contributed by atoms with van der Waals surface area (Å²) in [6.45, 7) is 0.790. The van der Waals surface area contributed by atoms with Crippen LogP contribution in [0.3, 0.4) is 0 Å². The summed E-state index contributed by atoms with van der Waals surface area (Å²) in [7, 11) is 7.51. The number of benzene rings is 1. The van der Waals surface area contributed by atoms with E-state index < -0.39 is 0 Å². The number of hydrogen-bond acceptors (Lipinski definition) is 7. The standard InChI is InChI=1S/C18H23N7O/c1-19-17-7-8-20-18(22-17)21-12-5-6-16(26-4)14(9-12)15-10-13(23-24-15)11-25(2)3/h5-10H,11H2,1-4H3,(H,23,24)(H2,19,20,21,22). The number of nitrogens with zero attached hydrogens (tertiary/aromatic N) is 4. The van der Waals surface area contributed by atoms with E-state index >= 15 is 0 Å². The highest BCUT2D eigenvalue weighted by Gasteiger charge is 2.12. The maximum Gasteiger partial charge on any atom is 0.229 e. The van der Waals surface area contributed by atoms with Crippen LogP contribution in [0.4, 0.5) is 17.5 Å². The molecule has 0 aliphatic rings. The van der Waals surface area contributed by atoms with Gasteiger partial charge in [-0.25, -0.2) is 4.98 Å². The van der Waals surface area contributed by atoms with E-state index in [2.05, 4.69) is 35.7 Å². The Kier molecular flexibility index (Phi) is 5.33. The molecule has 0 unspecified atom stereocenters. The number of ether oxygens (including phenoxy) is 1. The van der Waals surface area contributed by atoms with Crippen molar-refractivity contribution in [2.75, 3.05) is 38.9 Å². The maximum atomic E-state index is 5.50. The largest absolute Gasteiger partial charge is 0.496 e. The molecule has 26 heavy (non-hydrogen) atoms. The average molecular weight is 353 g/mol. The van der Waals surface area contributed by atoms with Gasteiger partial charge in [0, 0.05) is 36.7 Å². The molecule has 0 fully saturated rings. The van der Waals surface area contributed by atoms with E-state index in [1.807, 2.05) is 45.4 Å². The van der Waals surface area contributed by atoms with Crippen LogP contribution in [0.2, 0.25) is 0 Å². The summed E-state index contributed by atoms with van der Waals surface area (Å²) < 4.78 is 5.50. The van der Waals surface area contributed by atoms with Crippen LogP contribution in [0.15, 0.2) is 36.5 Å². The normalized spacial score (nSPS) is 10.8. The number of anilines is 3. The molecule has 0 bridgehead atoms. The minimum Gasteiger partial charge on any atom is -0.496 e. The summed E-state index contributed by atoms with van der Waals surface area (Å²) in [6, 6.07) is 9.63. The van der Waals surface area contributed by atoms with Gasteiger partial charge in [0.1, 0.15) is 11.6 Å². The van der Waals surface area contributed by atoms with Gasteiger partial charge in [0.15, 0.2) is 0 Å². The number of aromatic nitrogens is 4. The van der Waals surface area contributed by atoms with Crippen LogP contribution in [0, 0.1) is 0 Å². The second-order valence-electron chi connectivity index (χ2n) is 6.07. The van der Waals surface area contributed by atoms with E-state index in [0.29, 0.717) is 5.95 Å². The van der Waals surface area contributed by atoms with Gasteiger partial charge in [-0.3, -0.25) is 5.10 Å². The van der Waals surface area contributed by atoms with Crippen LogP contribution in [0.25, 0.3) is 11.3 Å². The number of methoxy groups -OCH3 is 1. The second kappa shape index (κ2) is 7.83. The molecule has 3 aromatic rings. The summed E-state index contributed by atoms with van der Waals surface area (Å²) in [5.74, 6) is 2.02. The van der Waals surface area contributed by atoms with Crippen molar-refractivity contribution < 1.29 is 4.74 Å². The maximum absolute atomic E-state index is 5.50. The van der Waals surface area contributed by atoms with Crippen molar-refractivity contribution in [3.63, 3.8) is 0 Å². The SMILES string of the molecule is CNc1ccnc(Nc2ccc(OC)c(-c3cc(CN(C)C)[nH]n3)c2)n1. The number of H-pyrrole nitrogens is 1. The number of hydrogen-bond donors (Lipinski definition) is 3. The van der Waals surface area contributed by atoms with E-state index in [1.165, 1.54) is 0 Å². The molecular weight excluding hydrogens is 330 g/mol. The highest BCUT2D eigenvalue weighted by Crippen LogP contribution is 2.32. The fourth-order valence-electron chi connectivity index (χ4n) is 2.59. The summed E-state index contributed by atoms with van der Waals surface area (Å²) in [4.78, 5) is 10.7. The van der Waals surface area contributed by atoms with E-state index in [-0.39, 0.29) is 0 Å². The molecule has 0 saturated carbocycles. The molecule has 0 aliphatic heterocycles. The van der Waals surface area contributed by atoms with Crippen molar-refractivity contribution in [3.05, 3.63) is 42.2 Å². The van der Waals surface area contributed by atoms with E-state index in [9.17, 15) is 0 Å². The molecule has 1 aromatic carbocycles. The minimum atomic E-state index is 0.517. The number of nitrogens with one attached hydrogen (secondary N) is 3. The highest BCUT2D eigenvalue weighted by atomic mass is 16.5. The fourth-order valence-corrected chi connectivity index (χ4v) is 2.59. The lowest BCUT2D eigenvalue weighted by molar-refractivity contribution is 0.396. The molecule has 136 valence electrons. The quantitative estimate of drug-likeness (QED) is 0.601. The zero-order valence-corrected chi connectivity index (χ0v) is 15.4. The molecule has 0 aliphatic carbocycles. The first-order valence-corrected chi connectivity index (χ1v) is 8.24. The van der Waals surface area contributed by atoms with Crippen LogP contribution in [0.5, 0.6) is 5.75 Å².